The van der Waals surface area contributed by atoms with Crippen LogP contribution in [-0.4, -0.2) is 21.5 Å². The summed E-state index contributed by atoms with van der Waals surface area (Å²) in [6.07, 6.45) is 0.841. The third kappa shape index (κ3) is 4.68. The maximum Gasteiger partial charge on any atom is 0.250 e. The van der Waals surface area contributed by atoms with E-state index in [0.717, 1.165) is 12.0 Å². The van der Waals surface area contributed by atoms with Crippen molar-refractivity contribution in [2.45, 2.75) is 44.0 Å². The average molecular weight is 290 g/mol. The number of sulfonamides is 1. The van der Waals surface area contributed by atoms with Crippen LogP contribution < -0.4 is 10.0 Å². The molecule has 1 aromatic rings. The van der Waals surface area contributed by atoms with E-state index in [1.165, 1.54) is 11.3 Å². The number of rotatable bonds is 7. The molecule has 0 fully saturated rings. The zero-order chi connectivity index (χ0) is 13.8. The highest BCUT2D eigenvalue weighted by Crippen LogP contribution is 2.21. The summed E-state index contributed by atoms with van der Waals surface area (Å²) in [6.45, 7) is 6.76. The Bertz CT molecular complexity index is 466. The maximum absolute atomic E-state index is 12.1. The van der Waals surface area contributed by atoms with Gasteiger partial charge in [-0.25, -0.2) is 13.1 Å². The molecule has 1 atom stereocenters. The van der Waals surface area contributed by atoms with Gasteiger partial charge in [0.15, 0.2) is 0 Å². The Labute approximate surface area is 114 Å². The molecule has 1 unspecified atom stereocenters. The van der Waals surface area contributed by atoms with Crippen molar-refractivity contribution >= 4 is 21.4 Å². The summed E-state index contributed by atoms with van der Waals surface area (Å²) in [5, 5.41) is 4.88. The highest BCUT2D eigenvalue weighted by Gasteiger charge is 2.19. The summed E-state index contributed by atoms with van der Waals surface area (Å²) in [5.74, 6) is 0.478. The Morgan fingerprint density at radius 2 is 2.00 bits per heavy atom. The predicted molar refractivity (Wildman–Crippen MR) is 76.3 cm³/mol. The molecule has 0 saturated carbocycles. The first-order valence-electron chi connectivity index (χ1n) is 6.09. The van der Waals surface area contributed by atoms with Crippen molar-refractivity contribution in [1.82, 2.24) is 10.0 Å². The molecule has 6 heteroatoms. The molecule has 1 heterocycles. The molecule has 18 heavy (non-hydrogen) atoms. The zero-order valence-corrected chi connectivity index (χ0v) is 13.0. The molecule has 0 bridgehead atoms. The number of hydrogen-bond acceptors (Lipinski definition) is 4. The predicted octanol–water partition coefficient (Wildman–Crippen LogP) is 2.18. The summed E-state index contributed by atoms with van der Waals surface area (Å²) in [6, 6.07) is 1.69. The van der Waals surface area contributed by atoms with E-state index in [-0.39, 0.29) is 6.04 Å². The molecule has 0 radical (unpaired) electrons. The topological polar surface area (TPSA) is 58.2 Å². The van der Waals surface area contributed by atoms with Gasteiger partial charge < -0.3 is 5.32 Å². The molecule has 0 saturated heterocycles. The first-order valence-corrected chi connectivity index (χ1v) is 8.45. The second kappa shape index (κ2) is 6.65. The molecule has 0 spiro atoms. The van der Waals surface area contributed by atoms with Gasteiger partial charge in [0.25, 0.3) is 0 Å². The molecule has 0 aliphatic carbocycles. The van der Waals surface area contributed by atoms with Crippen LogP contribution in [0.5, 0.6) is 0 Å². The second-order valence-electron chi connectivity index (χ2n) is 4.96. The largest absolute Gasteiger partial charge is 0.316 e. The number of thiophene rings is 1. The highest BCUT2D eigenvalue weighted by molar-refractivity contribution is 7.91. The van der Waals surface area contributed by atoms with Gasteiger partial charge in [-0.3, -0.25) is 0 Å². The summed E-state index contributed by atoms with van der Waals surface area (Å²) in [7, 11) is -1.52. The van der Waals surface area contributed by atoms with E-state index in [2.05, 4.69) is 23.9 Å². The Hall–Kier alpha value is -0.430. The van der Waals surface area contributed by atoms with Crippen LogP contribution in [0.4, 0.5) is 0 Å². The van der Waals surface area contributed by atoms with E-state index in [0.29, 0.717) is 16.7 Å². The lowest BCUT2D eigenvalue weighted by molar-refractivity contribution is 0.483. The van der Waals surface area contributed by atoms with Gasteiger partial charge in [0, 0.05) is 12.6 Å². The van der Waals surface area contributed by atoms with Crippen LogP contribution in [0, 0.1) is 5.92 Å². The monoisotopic (exact) mass is 290 g/mol. The SMILES string of the molecule is CNCc1csc(S(=O)(=O)NC(C)CC(C)C)c1. The number of hydrogen-bond donors (Lipinski definition) is 2. The van der Waals surface area contributed by atoms with Gasteiger partial charge in [0.2, 0.25) is 10.0 Å². The fraction of sp³-hybridized carbons (Fsp3) is 0.667. The maximum atomic E-state index is 12.1. The van der Waals surface area contributed by atoms with Gasteiger partial charge in [-0.15, -0.1) is 11.3 Å². The first-order chi connectivity index (χ1) is 8.35. The lowest BCUT2D eigenvalue weighted by Crippen LogP contribution is -2.33. The fourth-order valence-electron chi connectivity index (χ4n) is 1.87. The van der Waals surface area contributed by atoms with Crippen molar-refractivity contribution in [2.75, 3.05) is 7.05 Å². The summed E-state index contributed by atoms with van der Waals surface area (Å²) >= 11 is 1.27. The Kier molecular flexibility index (Phi) is 5.78. The van der Waals surface area contributed by atoms with Gasteiger partial charge in [0.05, 0.1) is 0 Å². The minimum atomic E-state index is -3.36. The van der Waals surface area contributed by atoms with E-state index in [9.17, 15) is 8.42 Å². The van der Waals surface area contributed by atoms with Crippen LogP contribution in [0.15, 0.2) is 15.7 Å². The molecular formula is C12H22N2O2S2. The standard InChI is InChI=1S/C12H22N2O2S2/c1-9(2)5-10(3)14-18(15,16)12-6-11(7-13-4)8-17-12/h6,8-10,13-14H,5,7H2,1-4H3. The van der Waals surface area contributed by atoms with Crippen molar-refractivity contribution in [3.05, 3.63) is 17.0 Å². The second-order valence-corrected chi connectivity index (χ2v) is 7.81. The summed E-state index contributed by atoms with van der Waals surface area (Å²) in [5.41, 5.74) is 0.999. The van der Waals surface area contributed by atoms with Crippen LogP contribution in [-0.2, 0) is 16.6 Å². The van der Waals surface area contributed by atoms with Crippen molar-refractivity contribution in [3.8, 4) is 0 Å². The molecule has 1 rings (SSSR count). The molecule has 1 aromatic heterocycles. The van der Waals surface area contributed by atoms with E-state index >= 15 is 0 Å². The van der Waals surface area contributed by atoms with Crippen molar-refractivity contribution < 1.29 is 8.42 Å². The van der Waals surface area contributed by atoms with Crippen LogP contribution in [0.1, 0.15) is 32.8 Å². The van der Waals surface area contributed by atoms with Gasteiger partial charge in [-0.1, -0.05) is 13.8 Å². The smallest absolute Gasteiger partial charge is 0.250 e. The normalized spacial score (nSPS) is 14.1. The van der Waals surface area contributed by atoms with Crippen molar-refractivity contribution in [3.63, 3.8) is 0 Å². The molecule has 0 aliphatic heterocycles. The third-order valence-corrected chi connectivity index (χ3v) is 5.53. The summed E-state index contributed by atoms with van der Waals surface area (Å²) < 4.78 is 27.4. The summed E-state index contributed by atoms with van der Waals surface area (Å²) in [4.78, 5) is 0. The lowest BCUT2D eigenvalue weighted by Gasteiger charge is -2.15. The van der Waals surface area contributed by atoms with E-state index in [1.54, 1.807) is 6.07 Å². The quantitative estimate of drug-likeness (QED) is 0.809. The zero-order valence-electron chi connectivity index (χ0n) is 11.4. The molecular weight excluding hydrogens is 268 g/mol. The third-order valence-electron chi connectivity index (χ3n) is 2.46. The molecule has 0 aromatic carbocycles. The minimum Gasteiger partial charge on any atom is -0.316 e. The first kappa shape index (κ1) is 15.6. The van der Waals surface area contributed by atoms with Gasteiger partial charge in [-0.05, 0) is 43.3 Å². The molecule has 4 nitrogen and oxygen atoms in total. The fourth-order valence-corrected chi connectivity index (χ4v) is 4.35. The van der Waals surface area contributed by atoms with E-state index in [4.69, 9.17) is 0 Å². The molecule has 104 valence electrons. The van der Waals surface area contributed by atoms with E-state index in [1.807, 2.05) is 19.4 Å². The molecule has 0 aliphatic rings. The Morgan fingerprint density at radius 3 is 2.56 bits per heavy atom. The van der Waals surface area contributed by atoms with Crippen LogP contribution in [0.25, 0.3) is 0 Å². The van der Waals surface area contributed by atoms with Crippen LogP contribution >= 0.6 is 11.3 Å². The lowest BCUT2D eigenvalue weighted by atomic mass is 10.1. The highest BCUT2D eigenvalue weighted by atomic mass is 32.2. The van der Waals surface area contributed by atoms with Crippen molar-refractivity contribution in [1.29, 1.82) is 0 Å². The van der Waals surface area contributed by atoms with Crippen LogP contribution in [0.3, 0.4) is 0 Å². The van der Waals surface area contributed by atoms with Gasteiger partial charge >= 0.3 is 0 Å². The van der Waals surface area contributed by atoms with Gasteiger partial charge in [0.1, 0.15) is 4.21 Å². The van der Waals surface area contributed by atoms with E-state index < -0.39 is 10.0 Å². The molecule has 0 amide bonds. The Balaban J connectivity index is 2.73. The Morgan fingerprint density at radius 1 is 1.33 bits per heavy atom. The number of nitrogens with one attached hydrogen (secondary N) is 2. The average Bonchev–Trinajstić information content (AvgIpc) is 2.65. The van der Waals surface area contributed by atoms with Crippen molar-refractivity contribution in [2.24, 2.45) is 5.92 Å². The van der Waals surface area contributed by atoms with Crippen LogP contribution in [0.2, 0.25) is 0 Å². The minimum absolute atomic E-state index is 0.0372. The van der Waals surface area contributed by atoms with Gasteiger partial charge in [-0.2, -0.15) is 0 Å². The molecule has 2 N–H and O–H groups in total.